The molecule has 0 spiro atoms. The van der Waals surface area contributed by atoms with Gasteiger partial charge in [0.25, 0.3) is 5.91 Å². The summed E-state index contributed by atoms with van der Waals surface area (Å²) in [5, 5.41) is 16.5. The number of aromatic nitrogens is 2. The number of benzene rings is 2. The minimum Gasteiger partial charge on any atom is -0.438 e. The molecular formula is C20H16N6O4S. The zero-order chi connectivity index (χ0) is 22.6. The van der Waals surface area contributed by atoms with Crippen molar-refractivity contribution in [3.63, 3.8) is 0 Å². The van der Waals surface area contributed by atoms with Gasteiger partial charge < -0.3 is 15.8 Å². The SMILES string of the molecule is C=C(C#N)C(=O)Nc1cccc(Oc2ncnc(N)c2-c2cccc(S(N)(=O)=O)c2)c1. The monoisotopic (exact) mass is 436 g/mol. The highest BCUT2D eigenvalue weighted by Crippen LogP contribution is 2.36. The first-order valence-corrected chi connectivity index (χ1v) is 10.2. The number of anilines is 2. The Labute approximate surface area is 177 Å². The molecule has 0 bridgehead atoms. The molecule has 10 nitrogen and oxygen atoms in total. The van der Waals surface area contributed by atoms with Gasteiger partial charge in [0.1, 0.15) is 29.5 Å². The van der Waals surface area contributed by atoms with E-state index in [1.165, 1.54) is 30.6 Å². The summed E-state index contributed by atoms with van der Waals surface area (Å²) < 4.78 is 29.2. The fraction of sp³-hybridized carbons (Fsp3) is 0. The van der Waals surface area contributed by atoms with Gasteiger partial charge in [-0.25, -0.2) is 23.5 Å². The maximum absolute atomic E-state index is 11.8. The maximum Gasteiger partial charge on any atom is 0.265 e. The van der Waals surface area contributed by atoms with Crippen molar-refractivity contribution < 1.29 is 17.9 Å². The summed E-state index contributed by atoms with van der Waals surface area (Å²) in [5.41, 5.74) is 6.77. The van der Waals surface area contributed by atoms with Gasteiger partial charge in [0.15, 0.2) is 0 Å². The van der Waals surface area contributed by atoms with Crippen LogP contribution in [0.25, 0.3) is 11.1 Å². The first-order valence-electron chi connectivity index (χ1n) is 8.61. The molecule has 0 aliphatic rings. The van der Waals surface area contributed by atoms with E-state index < -0.39 is 15.9 Å². The smallest absolute Gasteiger partial charge is 0.265 e. The lowest BCUT2D eigenvalue weighted by Gasteiger charge is -2.13. The molecule has 1 amide bonds. The molecule has 1 heterocycles. The second-order valence-electron chi connectivity index (χ2n) is 6.19. The summed E-state index contributed by atoms with van der Waals surface area (Å²) in [5.74, 6) is -0.232. The zero-order valence-corrected chi connectivity index (χ0v) is 16.8. The predicted octanol–water partition coefficient (Wildman–Crippen LogP) is 2.18. The van der Waals surface area contributed by atoms with Crippen LogP contribution in [0.3, 0.4) is 0 Å². The Balaban J connectivity index is 1.97. The highest BCUT2D eigenvalue weighted by atomic mass is 32.2. The number of primary sulfonamides is 1. The van der Waals surface area contributed by atoms with Gasteiger partial charge in [-0.1, -0.05) is 24.8 Å². The minimum absolute atomic E-state index is 0.0592. The highest BCUT2D eigenvalue weighted by molar-refractivity contribution is 7.89. The first-order chi connectivity index (χ1) is 14.7. The normalized spacial score (nSPS) is 10.7. The van der Waals surface area contributed by atoms with Crippen LogP contribution >= 0.6 is 0 Å². The van der Waals surface area contributed by atoms with Gasteiger partial charge in [0.2, 0.25) is 15.9 Å². The van der Waals surface area contributed by atoms with Crippen LogP contribution < -0.4 is 20.9 Å². The van der Waals surface area contributed by atoms with E-state index in [2.05, 4.69) is 21.9 Å². The second-order valence-corrected chi connectivity index (χ2v) is 7.75. The van der Waals surface area contributed by atoms with E-state index in [4.69, 9.17) is 20.9 Å². The van der Waals surface area contributed by atoms with E-state index in [0.717, 1.165) is 0 Å². The van der Waals surface area contributed by atoms with Gasteiger partial charge in [-0.2, -0.15) is 5.26 Å². The fourth-order valence-electron chi connectivity index (χ4n) is 2.57. The number of nitrogens with one attached hydrogen (secondary N) is 1. The summed E-state index contributed by atoms with van der Waals surface area (Å²) >= 11 is 0. The number of nitrogens with two attached hydrogens (primary N) is 2. The third-order valence-electron chi connectivity index (χ3n) is 4.01. The van der Waals surface area contributed by atoms with Crippen molar-refractivity contribution >= 4 is 27.4 Å². The van der Waals surface area contributed by atoms with E-state index in [1.54, 1.807) is 30.3 Å². The van der Waals surface area contributed by atoms with Crippen molar-refractivity contribution in [3.05, 3.63) is 67.0 Å². The number of sulfonamides is 1. The molecule has 31 heavy (non-hydrogen) atoms. The summed E-state index contributed by atoms with van der Waals surface area (Å²) in [6, 6.07) is 13.8. The summed E-state index contributed by atoms with van der Waals surface area (Å²) in [6.45, 7) is 3.35. The lowest BCUT2D eigenvalue weighted by molar-refractivity contribution is -0.112. The van der Waals surface area contributed by atoms with Crippen molar-refractivity contribution in [2.24, 2.45) is 5.14 Å². The van der Waals surface area contributed by atoms with E-state index in [1.807, 2.05) is 0 Å². The molecule has 11 heteroatoms. The number of rotatable bonds is 6. The van der Waals surface area contributed by atoms with Gasteiger partial charge in [-0.3, -0.25) is 4.79 Å². The standard InChI is InChI=1S/C20H16N6O4S/c1-12(10-21)19(27)26-14-5-3-6-15(9-14)30-20-17(18(22)24-11-25-20)13-4-2-7-16(8-13)31(23,28)29/h2-9,11H,1H2,(H,26,27)(H2,22,24,25)(H2,23,28,29). The Kier molecular flexibility index (Phi) is 5.96. The lowest BCUT2D eigenvalue weighted by Crippen LogP contribution is -2.12. The largest absolute Gasteiger partial charge is 0.438 e. The lowest BCUT2D eigenvalue weighted by atomic mass is 10.1. The third-order valence-corrected chi connectivity index (χ3v) is 4.92. The van der Waals surface area contributed by atoms with Gasteiger partial charge in [0, 0.05) is 11.8 Å². The van der Waals surface area contributed by atoms with E-state index in [0.29, 0.717) is 17.0 Å². The Morgan fingerprint density at radius 1 is 1.16 bits per heavy atom. The molecule has 0 unspecified atom stereocenters. The number of hydrogen-bond acceptors (Lipinski definition) is 8. The highest BCUT2D eigenvalue weighted by Gasteiger charge is 2.17. The van der Waals surface area contributed by atoms with Crippen molar-refractivity contribution in [1.29, 1.82) is 5.26 Å². The van der Waals surface area contributed by atoms with Crippen LogP contribution in [0, 0.1) is 11.3 Å². The Morgan fingerprint density at radius 3 is 2.61 bits per heavy atom. The molecule has 156 valence electrons. The van der Waals surface area contributed by atoms with Crippen molar-refractivity contribution in [3.8, 4) is 28.8 Å². The number of nitrogen functional groups attached to an aromatic ring is 1. The van der Waals surface area contributed by atoms with Crippen LogP contribution in [0.1, 0.15) is 0 Å². The van der Waals surface area contributed by atoms with Crippen molar-refractivity contribution in [2.75, 3.05) is 11.1 Å². The number of nitrogens with zero attached hydrogens (tertiary/aromatic N) is 3. The van der Waals surface area contributed by atoms with Crippen molar-refractivity contribution in [2.45, 2.75) is 4.90 Å². The van der Waals surface area contributed by atoms with Crippen LogP contribution in [0.5, 0.6) is 11.6 Å². The Hall–Kier alpha value is -4.27. The maximum atomic E-state index is 11.8. The summed E-state index contributed by atoms with van der Waals surface area (Å²) in [7, 11) is -3.94. The molecule has 0 fully saturated rings. The number of ether oxygens (including phenoxy) is 1. The van der Waals surface area contributed by atoms with Crippen LogP contribution in [-0.4, -0.2) is 24.3 Å². The number of amides is 1. The van der Waals surface area contributed by atoms with Crippen LogP contribution in [0.2, 0.25) is 0 Å². The fourth-order valence-corrected chi connectivity index (χ4v) is 3.13. The van der Waals surface area contributed by atoms with Gasteiger partial charge in [-0.15, -0.1) is 0 Å². The van der Waals surface area contributed by atoms with Crippen LogP contribution in [0.15, 0.2) is 71.9 Å². The molecule has 0 aliphatic carbocycles. The molecule has 0 aliphatic heterocycles. The van der Waals surface area contributed by atoms with Crippen LogP contribution in [0.4, 0.5) is 11.5 Å². The van der Waals surface area contributed by atoms with Gasteiger partial charge in [-0.05, 0) is 29.8 Å². The van der Waals surface area contributed by atoms with Gasteiger partial charge >= 0.3 is 0 Å². The van der Waals surface area contributed by atoms with Gasteiger partial charge in [0.05, 0.1) is 10.5 Å². The number of hydrogen-bond donors (Lipinski definition) is 3. The molecule has 0 saturated heterocycles. The molecular weight excluding hydrogens is 420 g/mol. The third kappa shape index (κ3) is 5.02. The number of carbonyl (C=O) groups is 1. The quantitative estimate of drug-likeness (QED) is 0.389. The Morgan fingerprint density at radius 2 is 1.90 bits per heavy atom. The zero-order valence-electron chi connectivity index (χ0n) is 15.9. The molecule has 0 saturated carbocycles. The summed E-state index contributed by atoms with van der Waals surface area (Å²) in [6.07, 6.45) is 1.19. The number of nitriles is 1. The predicted molar refractivity (Wildman–Crippen MR) is 113 cm³/mol. The summed E-state index contributed by atoms with van der Waals surface area (Å²) in [4.78, 5) is 19.8. The molecule has 2 aromatic carbocycles. The van der Waals surface area contributed by atoms with E-state index in [-0.39, 0.29) is 27.7 Å². The second kappa shape index (κ2) is 8.62. The van der Waals surface area contributed by atoms with E-state index >= 15 is 0 Å². The molecule has 3 aromatic rings. The molecule has 5 N–H and O–H groups in total. The minimum atomic E-state index is -3.94. The van der Waals surface area contributed by atoms with E-state index in [9.17, 15) is 13.2 Å². The van der Waals surface area contributed by atoms with Crippen molar-refractivity contribution in [1.82, 2.24) is 9.97 Å². The average Bonchev–Trinajstić information content (AvgIpc) is 2.73. The Bertz CT molecular complexity index is 1330. The van der Waals surface area contributed by atoms with Crippen LogP contribution in [-0.2, 0) is 14.8 Å². The first kappa shape index (κ1) is 21.4. The average molecular weight is 436 g/mol. The topological polar surface area (TPSA) is 174 Å². The molecule has 0 atom stereocenters. The molecule has 1 aromatic heterocycles. The molecule has 0 radical (unpaired) electrons. The number of carbonyl (C=O) groups excluding carboxylic acids is 1. The molecule has 3 rings (SSSR count).